The van der Waals surface area contributed by atoms with Gasteiger partial charge in [-0.15, -0.1) is 0 Å². The minimum atomic E-state index is -0.313. The van der Waals surface area contributed by atoms with Gasteiger partial charge in [0.25, 0.3) is 0 Å². The molecule has 1 aromatic heterocycles. The Hall–Kier alpha value is -2.76. The number of fused-ring (bicyclic) bond motifs is 1. The number of ether oxygens (including phenoxy) is 1. The number of amides is 2. The van der Waals surface area contributed by atoms with Gasteiger partial charge in [0, 0.05) is 13.0 Å². The third kappa shape index (κ3) is 4.15. The highest BCUT2D eigenvalue weighted by Crippen LogP contribution is 2.26. The second-order valence-corrected chi connectivity index (χ2v) is 7.18. The molecule has 6 heteroatoms. The first kappa shape index (κ1) is 17.6. The summed E-state index contributed by atoms with van der Waals surface area (Å²) < 4.78 is 11.0. The number of rotatable bonds is 7. The molecule has 0 saturated carbocycles. The van der Waals surface area contributed by atoms with Crippen LogP contribution < -0.4 is 10.1 Å². The van der Waals surface area contributed by atoms with E-state index in [9.17, 15) is 9.59 Å². The maximum atomic E-state index is 12.3. The van der Waals surface area contributed by atoms with Gasteiger partial charge in [-0.3, -0.25) is 9.59 Å². The average Bonchev–Trinajstić information content (AvgIpc) is 3.40. The summed E-state index contributed by atoms with van der Waals surface area (Å²) in [6, 6.07) is 9.85. The Bertz CT molecular complexity index is 816. The number of furan rings is 1. The van der Waals surface area contributed by atoms with Crippen LogP contribution in [-0.4, -0.2) is 36.4 Å². The molecule has 142 valence electrons. The molecule has 1 N–H and O–H groups in total. The zero-order valence-corrected chi connectivity index (χ0v) is 15.3. The topological polar surface area (TPSA) is 71.8 Å². The first-order valence-corrected chi connectivity index (χ1v) is 9.51. The molecule has 4 rings (SSSR count). The van der Waals surface area contributed by atoms with E-state index in [4.69, 9.17) is 9.15 Å². The molecule has 0 radical (unpaired) electrons. The number of likely N-dealkylation sites (tertiary alicyclic amines) is 1. The number of aryl methyl sites for hydroxylation is 2. The molecule has 1 fully saturated rings. The molecule has 27 heavy (non-hydrogen) atoms. The van der Waals surface area contributed by atoms with Crippen molar-refractivity contribution in [1.82, 2.24) is 10.2 Å². The van der Waals surface area contributed by atoms with Crippen LogP contribution in [0.25, 0.3) is 0 Å². The van der Waals surface area contributed by atoms with Crippen LogP contribution >= 0.6 is 0 Å². The average molecular weight is 368 g/mol. The van der Waals surface area contributed by atoms with Gasteiger partial charge in [-0.25, -0.2) is 0 Å². The quantitative estimate of drug-likeness (QED) is 0.762. The van der Waals surface area contributed by atoms with E-state index in [0.29, 0.717) is 26.2 Å². The number of hydrogen-bond donors (Lipinski definition) is 1. The zero-order chi connectivity index (χ0) is 18.6. The number of benzene rings is 1. The van der Waals surface area contributed by atoms with Crippen LogP contribution in [0.5, 0.6) is 5.75 Å². The summed E-state index contributed by atoms with van der Waals surface area (Å²) in [6.45, 7) is 1.69. The van der Waals surface area contributed by atoms with E-state index >= 15 is 0 Å². The normalized spacial score (nSPS) is 18.6. The first-order valence-electron chi connectivity index (χ1n) is 9.51. The summed E-state index contributed by atoms with van der Waals surface area (Å²) in [5, 5.41) is 2.88. The predicted octanol–water partition coefficient (Wildman–Crippen LogP) is 2.31. The van der Waals surface area contributed by atoms with Crippen LogP contribution in [0.3, 0.4) is 0 Å². The van der Waals surface area contributed by atoms with E-state index in [1.807, 2.05) is 12.1 Å². The summed E-state index contributed by atoms with van der Waals surface area (Å²) in [7, 11) is 0. The van der Waals surface area contributed by atoms with Gasteiger partial charge in [0.05, 0.1) is 25.3 Å². The van der Waals surface area contributed by atoms with Crippen molar-refractivity contribution in [1.29, 1.82) is 0 Å². The van der Waals surface area contributed by atoms with Crippen molar-refractivity contribution < 1.29 is 18.7 Å². The molecule has 2 aromatic rings. The molecule has 1 aliphatic carbocycles. The number of carbonyl (C=O) groups excluding carboxylic acids is 2. The van der Waals surface area contributed by atoms with Crippen LogP contribution in [0.1, 0.15) is 29.7 Å². The number of carbonyl (C=O) groups is 2. The second kappa shape index (κ2) is 7.86. The van der Waals surface area contributed by atoms with Crippen LogP contribution in [0.4, 0.5) is 0 Å². The van der Waals surface area contributed by atoms with Gasteiger partial charge < -0.3 is 19.4 Å². The van der Waals surface area contributed by atoms with Crippen LogP contribution in [0.15, 0.2) is 41.0 Å². The van der Waals surface area contributed by atoms with Gasteiger partial charge in [-0.1, -0.05) is 6.07 Å². The number of hydrogen-bond acceptors (Lipinski definition) is 4. The maximum absolute atomic E-state index is 12.3. The molecule has 2 amide bonds. The van der Waals surface area contributed by atoms with Gasteiger partial charge in [0.2, 0.25) is 11.8 Å². The SMILES string of the molecule is O=C(NCCOc1ccc2c(c1)CCC2)C1CC(=O)N(Cc2ccco2)C1. The Balaban J connectivity index is 1.20. The monoisotopic (exact) mass is 368 g/mol. The van der Waals surface area contributed by atoms with E-state index in [2.05, 4.69) is 17.4 Å². The Morgan fingerprint density at radius 3 is 3.00 bits per heavy atom. The minimum Gasteiger partial charge on any atom is -0.492 e. The van der Waals surface area contributed by atoms with Crippen LogP contribution in [-0.2, 0) is 29.0 Å². The number of nitrogens with zero attached hydrogens (tertiary/aromatic N) is 1. The highest BCUT2D eigenvalue weighted by Gasteiger charge is 2.34. The van der Waals surface area contributed by atoms with Crippen molar-refractivity contribution in [3.63, 3.8) is 0 Å². The lowest BCUT2D eigenvalue weighted by molar-refractivity contribution is -0.129. The van der Waals surface area contributed by atoms with E-state index in [1.165, 1.54) is 17.5 Å². The fraction of sp³-hybridized carbons (Fsp3) is 0.429. The van der Waals surface area contributed by atoms with E-state index in [-0.39, 0.29) is 24.2 Å². The summed E-state index contributed by atoms with van der Waals surface area (Å²) >= 11 is 0. The van der Waals surface area contributed by atoms with Crippen molar-refractivity contribution in [3.8, 4) is 5.75 Å². The molecular weight excluding hydrogens is 344 g/mol. The molecule has 1 aliphatic heterocycles. The molecule has 1 atom stereocenters. The Labute approximate surface area is 158 Å². The van der Waals surface area contributed by atoms with E-state index in [0.717, 1.165) is 24.4 Å². The van der Waals surface area contributed by atoms with Crippen molar-refractivity contribution in [2.24, 2.45) is 5.92 Å². The molecule has 6 nitrogen and oxygen atoms in total. The smallest absolute Gasteiger partial charge is 0.225 e. The third-order valence-electron chi connectivity index (χ3n) is 5.25. The predicted molar refractivity (Wildman–Crippen MR) is 99.2 cm³/mol. The fourth-order valence-corrected chi connectivity index (χ4v) is 3.82. The molecule has 0 bridgehead atoms. The third-order valence-corrected chi connectivity index (χ3v) is 5.25. The van der Waals surface area contributed by atoms with Crippen LogP contribution in [0, 0.1) is 5.92 Å². The lowest BCUT2D eigenvalue weighted by Crippen LogP contribution is -2.35. The van der Waals surface area contributed by atoms with Gasteiger partial charge >= 0.3 is 0 Å². The Kier molecular flexibility index (Phi) is 5.14. The molecule has 1 aromatic carbocycles. The van der Waals surface area contributed by atoms with Gasteiger partial charge in [-0.2, -0.15) is 0 Å². The zero-order valence-electron chi connectivity index (χ0n) is 15.3. The van der Waals surface area contributed by atoms with Crippen LogP contribution in [0.2, 0.25) is 0 Å². The summed E-state index contributed by atoms with van der Waals surface area (Å²) in [6.07, 6.45) is 5.32. The highest BCUT2D eigenvalue weighted by molar-refractivity contribution is 5.89. The largest absolute Gasteiger partial charge is 0.492 e. The van der Waals surface area contributed by atoms with Crippen molar-refractivity contribution in [3.05, 3.63) is 53.5 Å². The second-order valence-electron chi connectivity index (χ2n) is 7.18. The van der Waals surface area contributed by atoms with Crippen molar-refractivity contribution in [2.75, 3.05) is 19.7 Å². The molecule has 1 unspecified atom stereocenters. The van der Waals surface area contributed by atoms with Gasteiger partial charge in [-0.05, 0) is 54.7 Å². The fourth-order valence-electron chi connectivity index (χ4n) is 3.82. The molecule has 1 saturated heterocycles. The molecular formula is C21H24N2O4. The Morgan fingerprint density at radius 2 is 2.15 bits per heavy atom. The number of nitrogens with one attached hydrogen (secondary N) is 1. The van der Waals surface area contributed by atoms with Gasteiger partial charge in [0.1, 0.15) is 18.1 Å². The summed E-state index contributed by atoms with van der Waals surface area (Å²) in [5.74, 6) is 1.16. The minimum absolute atomic E-state index is 0.0130. The van der Waals surface area contributed by atoms with Crippen molar-refractivity contribution in [2.45, 2.75) is 32.2 Å². The van der Waals surface area contributed by atoms with E-state index in [1.54, 1.807) is 17.2 Å². The summed E-state index contributed by atoms with van der Waals surface area (Å²) in [4.78, 5) is 26.1. The maximum Gasteiger partial charge on any atom is 0.225 e. The lowest BCUT2D eigenvalue weighted by atomic mass is 10.1. The van der Waals surface area contributed by atoms with Gasteiger partial charge in [0.15, 0.2) is 0 Å². The van der Waals surface area contributed by atoms with E-state index < -0.39 is 0 Å². The Morgan fingerprint density at radius 1 is 1.26 bits per heavy atom. The molecule has 2 aliphatic rings. The molecule has 0 spiro atoms. The lowest BCUT2D eigenvalue weighted by Gasteiger charge is -2.15. The summed E-state index contributed by atoms with van der Waals surface area (Å²) in [5.41, 5.74) is 2.79. The first-order chi connectivity index (χ1) is 13.2. The standard InChI is InChI=1S/C21H24N2O4/c24-20-12-17(13-23(20)14-19-5-2-9-26-19)21(25)22-8-10-27-18-7-6-15-3-1-4-16(15)11-18/h2,5-7,9,11,17H,1,3-4,8,10,12-14H2,(H,22,25). The molecule has 2 heterocycles. The highest BCUT2D eigenvalue weighted by atomic mass is 16.5. The van der Waals surface area contributed by atoms with Crippen molar-refractivity contribution >= 4 is 11.8 Å².